The summed E-state index contributed by atoms with van der Waals surface area (Å²) in [7, 11) is 1.94. The zero-order chi connectivity index (χ0) is 26.5. The van der Waals surface area contributed by atoms with Crippen molar-refractivity contribution in [2.24, 2.45) is 12.0 Å². The van der Waals surface area contributed by atoms with E-state index in [1.807, 2.05) is 69.8 Å². The van der Waals surface area contributed by atoms with Crippen molar-refractivity contribution < 1.29 is 9.59 Å². The Morgan fingerprint density at radius 2 is 1.54 bits per heavy atom. The van der Waals surface area contributed by atoms with Crippen molar-refractivity contribution in [2.45, 2.75) is 77.9 Å². The molecule has 2 aromatic carbocycles. The van der Waals surface area contributed by atoms with E-state index >= 15 is 0 Å². The molecule has 0 unspecified atom stereocenters. The van der Waals surface area contributed by atoms with Crippen molar-refractivity contribution in [3.8, 4) is 21.7 Å². The quantitative estimate of drug-likeness (QED) is 0.442. The van der Waals surface area contributed by atoms with Gasteiger partial charge >= 0.3 is 0 Å². The van der Waals surface area contributed by atoms with Crippen LogP contribution in [0.25, 0.3) is 21.7 Å². The predicted octanol–water partition coefficient (Wildman–Crippen LogP) is 5.33. The number of hydrogen-bond donors (Lipinski definition) is 2. The maximum atomic E-state index is 13.1. The lowest BCUT2D eigenvalue weighted by Gasteiger charge is -2.16. The Balaban J connectivity index is 1.72. The number of aromatic nitrogens is 2. The molecule has 1 aliphatic rings. The van der Waals surface area contributed by atoms with E-state index in [1.165, 1.54) is 19.3 Å². The molecule has 0 bridgehead atoms. The molecule has 1 saturated carbocycles. The zero-order valence-electron chi connectivity index (χ0n) is 22.4. The maximum Gasteiger partial charge on any atom is 0.252 e. The van der Waals surface area contributed by atoms with Gasteiger partial charge in [-0.1, -0.05) is 48.8 Å². The van der Waals surface area contributed by atoms with Crippen LogP contribution in [0, 0.1) is 0 Å². The predicted molar refractivity (Wildman–Crippen MR) is 150 cm³/mol. The van der Waals surface area contributed by atoms with Gasteiger partial charge in [0.05, 0.1) is 6.04 Å². The zero-order valence-corrected chi connectivity index (χ0v) is 23.2. The van der Waals surface area contributed by atoms with Gasteiger partial charge in [-0.15, -0.1) is 0 Å². The summed E-state index contributed by atoms with van der Waals surface area (Å²) >= 11 is 1.58. The Bertz CT molecular complexity index is 1310. The first-order valence-electron chi connectivity index (χ1n) is 13.2. The van der Waals surface area contributed by atoms with Crippen LogP contribution in [0.2, 0.25) is 0 Å². The van der Waals surface area contributed by atoms with Crippen molar-refractivity contribution in [3.63, 3.8) is 0 Å². The SMILES string of the molecule is CC(C)NC(=O)c1ccc(-c2cc(-c3nn(C)c(=NC4CCCCC4)s3)ccc2C(=O)NC(C)C)cc1. The van der Waals surface area contributed by atoms with Gasteiger partial charge in [0.1, 0.15) is 5.01 Å². The highest BCUT2D eigenvalue weighted by atomic mass is 32.1. The number of rotatable bonds is 7. The summed E-state index contributed by atoms with van der Waals surface area (Å²) in [4.78, 5) is 31.4. The lowest BCUT2D eigenvalue weighted by molar-refractivity contribution is 0.0934. The van der Waals surface area contributed by atoms with Crippen molar-refractivity contribution >= 4 is 23.2 Å². The Morgan fingerprint density at radius 1 is 0.919 bits per heavy atom. The number of nitrogens with zero attached hydrogens (tertiary/aromatic N) is 3. The first-order valence-corrected chi connectivity index (χ1v) is 14.0. The standard InChI is InChI=1S/C29H37N5O2S/c1-18(2)30-26(35)21-13-11-20(12-14-21)25-17-22(15-16-24(25)27(36)31-19(3)4)28-33-34(5)29(37-28)32-23-9-7-6-8-10-23/h11-19,23H,6-10H2,1-5H3,(H,30,35)(H,31,36). The maximum absolute atomic E-state index is 13.1. The molecule has 0 spiro atoms. The lowest BCUT2D eigenvalue weighted by Crippen LogP contribution is -2.30. The molecule has 1 heterocycles. The summed E-state index contributed by atoms with van der Waals surface area (Å²) in [6.45, 7) is 7.76. The first-order chi connectivity index (χ1) is 17.7. The van der Waals surface area contributed by atoms with Crippen molar-refractivity contribution in [3.05, 3.63) is 58.4 Å². The number of carbonyl (C=O) groups excluding carboxylic acids is 2. The van der Waals surface area contributed by atoms with Gasteiger partial charge in [0.2, 0.25) is 4.80 Å². The topological polar surface area (TPSA) is 88.4 Å². The second-order valence-corrected chi connectivity index (χ2v) is 11.3. The molecule has 2 amide bonds. The largest absolute Gasteiger partial charge is 0.350 e. The monoisotopic (exact) mass is 519 g/mol. The molecule has 7 nitrogen and oxygen atoms in total. The summed E-state index contributed by atoms with van der Waals surface area (Å²) in [5.41, 5.74) is 3.77. The number of carbonyl (C=O) groups is 2. The van der Waals surface area contributed by atoms with Gasteiger partial charge in [0.15, 0.2) is 0 Å². The lowest BCUT2D eigenvalue weighted by atomic mass is 9.95. The average Bonchev–Trinajstić information content (AvgIpc) is 3.23. The molecule has 8 heteroatoms. The van der Waals surface area contributed by atoms with E-state index < -0.39 is 0 Å². The minimum atomic E-state index is -0.129. The Labute approximate surface area is 223 Å². The third kappa shape index (κ3) is 6.74. The number of nitrogens with one attached hydrogen (secondary N) is 2. The Hall–Kier alpha value is -3.26. The molecule has 0 atom stereocenters. The molecule has 0 saturated heterocycles. The van der Waals surface area contributed by atoms with Gasteiger partial charge in [-0.3, -0.25) is 14.6 Å². The third-order valence-electron chi connectivity index (χ3n) is 6.38. The van der Waals surface area contributed by atoms with Gasteiger partial charge < -0.3 is 10.6 Å². The summed E-state index contributed by atoms with van der Waals surface area (Å²) in [5.74, 6) is -0.242. The molecule has 196 valence electrons. The number of benzene rings is 2. The highest BCUT2D eigenvalue weighted by Crippen LogP contribution is 2.31. The molecule has 2 N–H and O–H groups in total. The van der Waals surface area contributed by atoms with Gasteiger partial charge in [0, 0.05) is 35.8 Å². The smallest absolute Gasteiger partial charge is 0.252 e. The molecule has 1 aliphatic carbocycles. The van der Waals surface area contributed by atoms with Crippen molar-refractivity contribution in [1.29, 1.82) is 0 Å². The van der Waals surface area contributed by atoms with Crippen LogP contribution in [0.4, 0.5) is 0 Å². The summed E-state index contributed by atoms with van der Waals surface area (Å²) in [6.07, 6.45) is 6.06. The van der Waals surface area contributed by atoms with Crippen LogP contribution in [0.3, 0.4) is 0 Å². The highest BCUT2D eigenvalue weighted by molar-refractivity contribution is 7.12. The average molecular weight is 520 g/mol. The molecule has 1 fully saturated rings. The van der Waals surface area contributed by atoms with E-state index in [1.54, 1.807) is 23.5 Å². The van der Waals surface area contributed by atoms with E-state index in [0.717, 1.165) is 39.3 Å². The molecular formula is C29H37N5O2S. The summed E-state index contributed by atoms with van der Waals surface area (Å²) < 4.78 is 1.86. The van der Waals surface area contributed by atoms with E-state index in [-0.39, 0.29) is 23.9 Å². The second-order valence-electron chi connectivity index (χ2n) is 10.3. The molecule has 0 aliphatic heterocycles. The van der Waals surface area contributed by atoms with E-state index in [9.17, 15) is 9.59 Å². The summed E-state index contributed by atoms with van der Waals surface area (Å²) in [6, 6.07) is 13.7. The minimum Gasteiger partial charge on any atom is -0.350 e. The van der Waals surface area contributed by atoms with Crippen LogP contribution in [0.15, 0.2) is 47.5 Å². The van der Waals surface area contributed by atoms with Crippen LogP contribution < -0.4 is 15.4 Å². The fourth-order valence-electron chi connectivity index (χ4n) is 4.55. The van der Waals surface area contributed by atoms with E-state index in [2.05, 4.69) is 10.6 Å². The van der Waals surface area contributed by atoms with Crippen LogP contribution in [0.1, 0.15) is 80.5 Å². The fourth-order valence-corrected chi connectivity index (χ4v) is 5.50. The van der Waals surface area contributed by atoms with Gasteiger partial charge in [-0.25, -0.2) is 4.68 Å². The number of amides is 2. The molecule has 4 rings (SSSR count). The van der Waals surface area contributed by atoms with Gasteiger partial charge in [-0.2, -0.15) is 5.10 Å². The Kier molecular flexibility index (Phi) is 8.59. The van der Waals surface area contributed by atoms with E-state index in [0.29, 0.717) is 17.2 Å². The third-order valence-corrected chi connectivity index (χ3v) is 7.45. The summed E-state index contributed by atoms with van der Waals surface area (Å²) in [5, 5.41) is 11.5. The second kappa shape index (κ2) is 11.9. The minimum absolute atomic E-state index is 0.0177. The number of hydrogen-bond acceptors (Lipinski definition) is 5. The van der Waals surface area contributed by atoms with Crippen LogP contribution in [-0.2, 0) is 7.05 Å². The normalized spacial score (nSPS) is 14.8. The highest BCUT2D eigenvalue weighted by Gasteiger charge is 2.18. The number of aryl methyl sites for hydroxylation is 1. The molecule has 37 heavy (non-hydrogen) atoms. The van der Waals surface area contributed by atoms with Gasteiger partial charge in [-0.05, 0) is 75.9 Å². The molecule has 0 radical (unpaired) electrons. The Morgan fingerprint density at radius 3 is 2.19 bits per heavy atom. The van der Waals surface area contributed by atoms with Crippen LogP contribution >= 0.6 is 11.3 Å². The van der Waals surface area contributed by atoms with Crippen LogP contribution in [-0.4, -0.2) is 39.7 Å². The van der Waals surface area contributed by atoms with E-state index in [4.69, 9.17) is 10.1 Å². The fraction of sp³-hybridized carbons (Fsp3) is 0.448. The van der Waals surface area contributed by atoms with Crippen molar-refractivity contribution in [2.75, 3.05) is 0 Å². The van der Waals surface area contributed by atoms with Crippen molar-refractivity contribution in [1.82, 2.24) is 20.4 Å². The van der Waals surface area contributed by atoms with Crippen LogP contribution in [0.5, 0.6) is 0 Å². The first kappa shape index (κ1) is 26.8. The van der Waals surface area contributed by atoms with Gasteiger partial charge in [0.25, 0.3) is 11.8 Å². The molecule has 3 aromatic rings. The molecular weight excluding hydrogens is 482 g/mol. The molecule has 1 aromatic heterocycles.